The van der Waals surface area contributed by atoms with E-state index in [4.69, 9.17) is 4.74 Å². The Labute approximate surface area is 180 Å². The van der Waals surface area contributed by atoms with Crippen LogP contribution in [0.4, 0.5) is 4.39 Å². The minimum atomic E-state index is -3.18. The fourth-order valence-electron chi connectivity index (χ4n) is 3.64. The van der Waals surface area contributed by atoms with Crippen molar-refractivity contribution in [3.63, 3.8) is 0 Å². The first-order valence-electron chi connectivity index (χ1n) is 9.80. The van der Waals surface area contributed by atoms with Gasteiger partial charge in [-0.1, -0.05) is 12.1 Å². The Morgan fingerprint density at radius 2 is 1.87 bits per heavy atom. The van der Waals surface area contributed by atoms with Crippen LogP contribution in [0.15, 0.2) is 60.8 Å². The molecule has 0 N–H and O–H groups in total. The molecule has 2 heterocycles. The molecule has 7 nitrogen and oxygen atoms in total. The van der Waals surface area contributed by atoms with E-state index in [1.807, 2.05) is 12.1 Å². The number of aromatic nitrogens is 2. The molecule has 1 atom stereocenters. The first kappa shape index (κ1) is 21.0. The van der Waals surface area contributed by atoms with Gasteiger partial charge in [0.25, 0.3) is 5.91 Å². The second-order valence-corrected chi connectivity index (χ2v) is 9.69. The van der Waals surface area contributed by atoms with Gasteiger partial charge < -0.3 is 9.64 Å². The van der Waals surface area contributed by atoms with Crippen molar-refractivity contribution in [3.05, 3.63) is 77.9 Å². The van der Waals surface area contributed by atoms with Crippen molar-refractivity contribution in [2.75, 3.05) is 18.6 Å². The minimum Gasteiger partial charge on any atom is -0.497 e. The third kappa shape index (κ3) is 4.77. The molecule has 1 aliphatic rings. The zero-order valence-electron chi connectivity index (χ0n) is 16.9. The van der Waals surface area contributed by atoms with E-state index < -0.39 is 15.9 Å². The molecule has 1 amide bonds. The molecule has 0 radical (unpaired) electrons. The predicted molar refractivity (Wildman–Crippen MR) is 113 cm³/mol. The normalized spacial score (nSPS) is 17.4. The van der Waals surface area contributed by atoms with Crippen molar-refractivity contribution in [2.45, 2.75) is 19.0 Å². The third-order valence-electron chi connectivity index (χ3n) is 5.32. The zero-order valence-corrected chi connectivity index (χ0v) is 17.8. The molecule has 0 spiro atoms. The number of sulfone groups is 1. The molecule has 0 aliphatic carbocycles. The van der Waals surface area contributed by atoms with Crippen molar-refractivity contribution in [1.29, 1.82) is 0 Å². The summed E-state index contributed by atoms with van der Waals surface area (Å²) in [4.78, 5) is 14.9. The van der Waals surface area contributed by atoms with Crippen molar-refractivity contribution in [3.8, 4) is 11.4 Å². The lowest BCUT2D eigenvalue weighted by atomic mass is 10.1. The molecule has 31 heavy (non-hydrogen) atoms. The van der Waals surface area contributed by atoms with Crippen LogP contribution in [0.2, 0.25) is 0 Å². The van der Waals surface area contributed by atoms with Gasteiger partial charge in [0.2, 0.25) is 0 Å². The molecule has 3 aromatic rings. The topological polar surface area (TPSA) is 81.5 Å². The molecule has 0 saturated carbocycles. The van der Waals surface area contributed by atoms with E-state index in [9.17, 15) is 17.6 Å². The average Bonchev–Trinajstić information content (AvgIpc) is 3.39. The van der Waals surface area contributed by atoms with Crippen LogP contribution in [-0.4, -0.2) is 53.7 Å². The Bertz CT molecular complexity index is 1170. The van der Waals surface area contributed by atoms with Gasteiger partial charge in [-0.25, -0.2) is 17.5 Å². The van der Waals surface area contributed by atoms with Crippen LogP contribution in [0.1, 0.15) is 22.5 Å². The summed E-state index contributed by atoms with van der Waals surface area (Å²) in [6.45, 7) is 0.256. The molecule has 162 valence electrons. The maximum absolute atomic E-state index is 13.3. The number of amides is 1. The number of halogens is 1. The molecule has 4 rings (SSSR count). The van der Waals surface area contributed by atoms with Gasteiger partial charge in [-0.3, -0.25) is 4.79 Å². The zero-order chi connectivity index (χ0) is 22.0. The van der Waals surface area contributed by atoms with Crippen LogP contribution in [0.5, 0.6) is 5.75 Å². The first-order chi connectivity index (χ1) is 14.8. The summed E-state index contributed by atoms with van der Waals surface area (Å²) in [5.41, 5.74) is 1.67. The number of hydrogen-bond acceptors (Lipinski definition) is 5. The maximum atomic E-state index is 13.3. The van der Waals surface area contributed by atoms with Crippen LogP contribution >= 0.6 is 0 Å². The Hall–Kier alpha value is -3.20. The van der Waals surface area contributed by atoms with E-state index in [0.29, 0.717) is 17.9 Å². The Kier molecular flexibility index (Phi) is 5.77. The molecule has 1 aliphatic heterocycles. The van der Waals surface area contributed by atoms with Crippen LogP contribution in [0.3, 0.4) is 0 Å². The van der Waals surface area contributed by atoms with E-state index in [0.717, 1.165) is 5.56 Å². The SMILES string of the molecule is COc1ccc(CN(C(=O)c2ccn(-c3ccc(F)cc3)n2)C2CCS(=O)(=O)C2)cc1. The van der Waals surface area contributed by atoms with Crippen molar-refractivity contribution >= 4 is 15.7 Å². The number of hydrogen-bond donors (Lipinski definition) is 0. The van der Waals surface area contributed by atoms with Gasteiger partial charge >= 0.3 is 0 Å². The molecule has 1 fully saturated rings. The fraction of sp³-hybridized carbons (Fsp3) is 0.273. The molecule has 1 saturated heterocycles. The van der Waals surface area contributed by atoms with Gasteiger partial charge in [0.05, 0.1) is 24.3 Å². The summed E-state index contributed by atoms with van der Waals surface area (Å²) < 4.78 is 44.0. The number of rotatable bonds is 6. The van der Waals surface area contributed by atoms with E-state index in [2.05, 4.69) is 5.10 Å². The summed E-state index contributed by atoms with van der Waals surface area (Å²) in [7, 11) is -1.60. The van der Waals surface area contributed by atoms with E-state index in [1.54, 1.807) is 48.5 Å². The summed E-state index contributed by atoms with van der Waals surface area (Å²) in [5, 5.41) is 4.34. The molecule has 1 unspecified atom stereocenters. The van der Waals surface area contributed by atoms with Gasteiger partial charge in [0, 0.05) is 18.8 Å². The number of methoxy groups -OCH3 is 1. The quantitative estimate of drug-likeness (QED) is 0.585. The Morgan fingerprint density at radius 1 is 1.16 bits per heavy atom. The lowest BCUT2D eigenvalue weighted by Gasteiger charge is -2.27. The van der Waals surface area contributed by atoms with Crippen LogP contribution in [0.25, 0.3) is 5.69 Å². The number of carbonyl (C=O) groups is 1. The van der Waals surface area contributed by atoms with Gasteiger partial charge in [-0.2, -0.15) is 5.10 Å². The van der Waals surface area contributed by atoms with Crippen LogP contribution < -0.4 is 4.74 Å². The van der Waals surface area contributed by atoms with E-state index in [1.165, 1.54) is 16.8 Å². The highest BCUT2D eigenvalue weighted by molar-refractivity contribution is 7.91. The minimum absolute atomic E-state index is 0.0619. The molecule has 0 bridgehead atoms. The number of nitrogens with zero attached hydrogens (tertiary/aromatic N) is 3. The highest BCUT2D eigenvalue weighted by Crippen LogP contribution is 2.23. The van der Waals surface area contributed by atoms with Crippen LogP contribution in [0, 0.1) is 5.82 Å². The molecular weight excluding hydrogens is 421 g/mol. The van der Waals surface area contributed by atoms with Crippen molar-refractivity contribution < 1.29 is 22.3 Å². The smallest absolute Gasteiger partial charge is 0.274 e. The summed E-state index contributed by atoms with van der Waals surface area (Å²) in [5.74, 6) is -0.0102. The first-order valence-corrected chi connectivity index (χ1v) is 11.6. The van der Waals surface area contributed by atoms with Gasteiger partial charge in [-0.05, 0) is 54.4 Å². The maximum Gasteiger partial charge on any atom is 0.274 e. The van der Waals surface area contributed by atoms with Gasteiger partial charge in [0.15, 0.2) is 15.5 Å². The Balaban J connectivity index is 1.61. The number of carbonyl (C=O) groups excluding carboxylic acids is 1. The molecule has 2 aromatic carbocycles. The highest BCUT2D eigenvalue weighted by Gasteiger charge is 2.35. The van der Waals surface area contributed by atoms with Gasteiger partial charge in [0.1, 0.15) is 11.6 Å². The molecule has 1 aromatic heterocycles. The highest BCUT2D eigenvalue weighted by atomic mass is 32.2. The predicted octanol–water partition coefficient (Wildman–Crippen LogP) is 2.85. The number of benzene rings is 2. The summed E-state index contributed by atoms with van der Waals surface area (Å²) >= 11 is 0. The van der Waals surface area contributed by atoms with Crippen molar-refractivity contribution in [2.24, 2.45) is 0 Å². The van der Waals surface area contributed by atoms with Gasteiger partial charge in [-0.15, -0.1) is 0 Å². The Morgan fingerprint density at radius 3 is 2.48 bits per heavy atom. The number of ether oxygens (including phenoxy) is 1. The standard InChI is InChI=1S/C22H22FN3O4S/c1-30-20-8-2-16(3-9-20)14-25(19-11-13-31(28,29)15-19)22(27)21-10-12-26(24-21)18-6-4-17(23)5-7-18/h2-10,12,19H,11,13-15H2,1H3. The monoisotopic (exact) mass is 443 g/mol. The average molecular weight is 444 g/mol. The summed E-state index contributed by atoms with van der Waals surface area (Å²) in [6.07, 6.45) is 2.01. The van der Waals surface area contributed by atoms with E-state index in [-0.39, 0.29) is 35.5 Å². The largest absolute Gasteiger partial charge is 0.497 e. The lowest BCUT2D eigenvalue weighted by Crippen LogP contribution is -2.40. The van der Waals surface area contributed by atoms with Crippen molar-refractivity contribution in [1.82, 2.24) is 14.7 Å². The summed E-state index contributed by atoms with van der Waals surface area (Å²) in [6, 6.07) is 14.2. The second-order valence-electron chi connectivity index (χ2n) is 7.46. The molecule has 9 heteroatoms. The lowest BCUT2D eigenvalue weighted by molar-refractivity contribution is 0.0674. The molecular formula is C22H22FN3O4S. The van der Waals surface area contributed by atoms with Crippen LogP contribution in [-0.2, 0) is 16.4 Å². The third-order valence-corrected chi connectivity index (χ3v) is 7.07. The van der Waals surface area contributed by atoms with E-state index >= 15 is 0 Å². The second kappa shape index (κ2) is 8.50. The fourth-order valence-corrected chi connectivity index (χ4v) is 5.37.